The highest BCUT2D eigenvalue weighted by atomic mass is 16.8. The van der Waals surface area contributed by atoms with E-state index in [1.165, 1.54) is 0 Å². The lowest BCUT2D eigenvalue weighted by Gasteiger charge is -2.25. The van der Waals surface area contributed by atoms with Gasteiger partial charge in [0.05, 0.1) is 26.3 Å². The molecule has 4 atom stereocenters. The van der Waals surface area contributed by atoms with Crippen molar-refractivity contribution in [2.75, 3.05) is 32.5 Å². The van der Waals surface area contributed by atoms with Crippen LogP contribution in [0.2, 0.25) is 0 Å². The zero-order valence-electron chi connectivity index (χ0n) is 25.0. The summed E-state index contributed by atoms with van der Waals surface area (Å²) in [5.74, 6) is -0.227. The first-order valence-corrected chi connectivity index (χ1v) is 12.8. The van der Waals surface area contributed by atoms with E-state index in [0.717, 1.165) is 12.3 Å². The second kappa shape index (κ2) is 17.3. The average molecular weight is 609 g/mol. The number of anilines is 1. The molecule has 18 nitrogen and oxygen atoms in total. The predicted octanol–water partition coefficient (Wildman–Crippen LogP) is 2.29. The Morgan fingerprint density at radius 3 is 1.90 bits per heavy atom. The molecule has 0 unspecified atom stereocenters. The maximum absolute atomic E-state index is 12.8. The molecule has 0 spiro atoms. The van der Waals surface area contributed by atoms with Gasteiger partial charge in [-0.3, -0.25) is 15.3 Å². The summed E-state index contributed by atoms with van der Waals surface area (Å²) >= 11 is 0. The van der Waals surface area contributed by atoms with Crippen LogP contribution in [0.15, 0.2) is 17.1 Å². The zero-order chi connectivity index (χ0) is 32.2. The summed E-state index contributed by atoms with van der Waals surface area (Å²) in [4.78, 5) is 51.8. The molecular weight excluding hydrogens is 570 g/mol. The van der Waals surface area contributed by atoms with Gasteiger partial charge in [-0.2, -0.15) is 4.98 Å². The number of hydrogen-bond acceptors (Lipinski definition) is 17. The Balaban J connectivity index is 2.32. The number of aromatic nitrogens is 2. The molecular formula is C24H37N3O15. The zero-order valence-corrected chi connectivity index (χ0v) is 24.0. The number of ether oxygens (including phenoxy) is 10. The van der Waals surface area contributed by atoms with Crippen molar-refractivity contribution in [1.29, 1.82) is 0 Å². The van der Waals surface area contributed by atoms with Crippen LogP contribution in [0, 0.1) is 0 Å². The van der Waals surface area contributed by atoms with Crippen LogP contribution in [0.4, 0.5) is 20.2 Å². The van der Waals surface area contributed by atoms with Crippen molar-refractivity contribution in [3.05, 3.63) is 22.7 Å². The molecule has 1 aromatic rings. The van der Waals surface area contributed by atoms with E-state index in [1.54, 1.807) is 47.0 Å². The molecule has 18 heteroatoms. The van der Waals surface area contributed by atoms with Crippen LogP contribution in [-0.4, -0.2) is 96.8 Å². The molecule has 1 aliphatic heterocycles. The SMILES string of the molecule is [2H][C@@]1(n2ccc(NO)nc2=O)O[C@H](COCOC(=O)OC(C)C)[C@@H](OCOC(=O)OC(C)C)[C@H]1OCOC(=O)OC(C)C. The largest absolute Gasteiger partial charge is 0.510 e. The second-order valence-corrected chi connectivity index (χ2v) is 9.20. The van der Waals surface area contributed by atoms with Gasteiger partial charge in [0.1, 0.15) is 18.3 Å². The van der Waals surface area contributed by atoms with Crippen LogP contribution >= 0.6 is 0 Å². The van der Waals surface area contributed by atoms with E-state index in [1.807, 2.05) is 0 Å². The molecule has 0 amide bonds. The van der Waals surface area contributed by atoms with Gasteiger partial charge in [-0.05, 0) is 47.6 Å². The maximum Gasteiger partial charge on any atom is 0.510 e. The third kappa shape index (κ3) is 11.6. The molecule has 0 saturated carbocycles. The number of carbonyl (C=O) groups is 3. The van der Waals surface area contributed by atoms with Gasteiger partial charge in [0.2, 0.25) is 0 Å². The number of hydrogen-bond donors (Lipinski definition) is 2. The normalized spacial score (nSPS) is 22.0. The van der Waals surface area contributed by atoms with Crippen molar-refractivity contribution < 1.29 is 68.3 Å². The van der Waals surface area contributed by atoms with E-state index >= 15 is 0 Å². The van der Waals surface area contributed by atoms with E-state index in [2.05, 4.69) is 4.98 Å². The minimum Gasteiger partial charge on any atom is -0.432 e. The molecule has 1 aliphatic rings. The number of nitrogens with one attached hydrogen (secondary N) is 1. The van der Waals surface area contributed by atoms with Gasteiger partial charge in [-0.15, -0.1) is 0 Å². The summed E-state index contributed by atoms with van der Waals surface area (Å²) in [6, 6.07) is 1.16. The molecule has 0 radical (unpaired) electrons. The van der Waals surface area contributed by atoms with Gasteiger partial charge in [-0.25, -0.2) is 19.2 Å². The lowest BCUT2D eigenvalue weighted by atomic mass is 10.1. The predicted molar refractivity (Wildman–Crippen MR) is 136 cm³/mol. The van der Waals surface area contributed by atoms with Crippen molar-refractivity contribution in [2.24, 2.45) is 0 Å². The van der Waals surface area contributed by atoms with Gasteiger partial charge in [0.15, 0.2) is 32.4 Å². The van der Waals surface area contributed by atoms with Crippen LogP contribution in [0.25, 0.3) is 0 Å². The van der Waals surface area contributed by atoms with Crippen LogP contribution in [0.5, 0.6) is 0 Å². The smallest absolute Gasteiger partial charge is 0.432 e. The second-order valence-electron chi connectivity index (χ2n) is 9.20. The fourth-order valence-corrected chi connectivity index (χ4v) is 3.19. The Kier molecular flexibility index (Phi) is 13.5. The van der Waals surface area contributed by atoms with Gasteiger partial charge in [0.25, 0.3) is 0 Å². The van der Waals surface area contributed by atoms with E-state index < -0.39 is 94.0 Å². The van der Waals surface area contributed by atoms with Gasteiger partial charge < -0.3 is 47.4 Å². The fraction of sp³-hybridized carbons (Fsp3) is 0.708. The van der Waals surface area contributed by atoms with Crippen molar-refractivity contribution >= 4 is 24.3 Å². The first-order valence-electron chi connectivity index (χ1n) is 13.3. The first kappa shape index (κ1) is 32.8. The fourth-order valence-electron chi connectivity index (χ4n) is 3.19. The number of rotatable bonds is 15. The quantitative estimate of drug-likeness (QED) is 0.0961. The van der Waals surface area contributed by atoms with E-state index in [9.17, 15) is 19.2 Å². The van der Waals surface area contributed by atoms with Crippen molar-refractivity contribution in [2.45, 2.75) is 84.4 Å². The lowest BCUT2D eigenvalue weighted by Crippen LogP contribution is -2.41. The Hall–Kier alpha value is -3.71. The minimum absolute atomic E-state index is 0.227. The van der Waals surface area contributed by atoms with Crippen LogP contribution in [0.3, 0.4) is 0 Å². The summed E-state index contributed by atoms with van der Waals surface area (Å²) in [6.45, 7) is 7.13. The number of nitrogens with zero attached hydrogens (tertiary/aromatic N) is 2. The summed E-state index contributed by atoms with van der Waals surface area (Å²) in [7, 11) is 0. The Morgan fingerprint density at radius 2 is 1.43 bits per heavy atom. The minimum atomic E-state index is -2.46. The molecule has 0 bridgehead atoms. The molecule has 238 valence electrons. The van der Waals surface area contributed by atoms with Crippen LogP contribution in [-0.2, 0) is 47.4 Å². The van der Waals surface area contributed by atoms with Crippen LogP contribution in [0.1, 0.15) is 49.1 Å². The third-order valence-corrected chi connectivity index (χ3v) is 4.74. The highest BCUT2D eigenvalue weighted by molar-refractivity contribution is 5.60. The summed E-state index contributed by atoms with van der Waals surface area (Å²) < 4.78 is 61.6. The standard InChI is InChI=1S/C24H37N3O15/c1-13(2)39-22(29)36-10-33-9-16-18(34-11-37-23(30)40-14(3)4)19(35-12-38-24(31)41-15(5)6)20(42-16)27-8-7-17(26-32)25-21(27)28/h7-8,13-16,18-20,32H,9-12H2,1-6H3,(H,25,26,28)/t16-,18-,19-,20-/m1/s1/i20D. The molecule has 1 fully saturated rings. The summed E-state index contributed by atoms with van der Waals surface area (Å²) in [6.07, 6.45) is -10.1. The molecule has 1 aromatic heterocycles. The highest BCUT2D eigenvalue weighted by Crippen LogP contribution is 2.33. The molecule has 2 N–H and O–H groups in total. The molecule has 2 heterocycles. The molecule has 2 rings (SSSR count). The Morgan fingerprint density at radius 1 is 0.929 bits per heavy atom. The maximum atomic E-state index is 12.8. The van der Waals surface area contributed by atoms with Crippen molar-refractivity contribution in [3.63, 3.8) is 0 Å². The Labute approximate surface area is 242 Å². The van der Waals surface area contributed by atoms with Crippen LogP contribution < -0.4 is 11.2 Å². The van der Waals surface area contributed by atoms with Gasteiger partial charge >= 0.3 is 24.2 Å². The summed E-state index contributed by atoms with van der Waals surface area (Å²) in [5, 5.41) is 9.10. The topological polar surface area (TPSA) is 211 Å². The van der Waals surface area contributed by atoms with Gasteiger partial charge in [-0.1, -0.05) is 0 Å². The van der Waals surface area contributed by atoms with Gasteiger partial charge in [0, 0.05) is 6.20 Å². The van der Waals surface area contributed by atoms with Crippen molar-refractivity contribution in [3.8, 4) is 0 Å². The molecule has 42 heavy (non-hydrogen) atoms. The average Bonchev–Trinajstić information content (AvgIpc) is 3.16. The highest BCUT2D eigenvalue weighted by Gasteiger charge is 2.48. The van der Waals surface area contributed by atoms with E-state index in [0.29, 0.717) is 4.57 Å². The van der Waals surface area contributed by atoms with E-state index in [-0.39, 0.29) is 5.82 Å². The monoisotopic (exact) mass is 608 g/mol. The lowest BCUT2D eigenvalue weighted by molar-refractivity contribution is -0.160. The first-order chi connectivity index (χ1) is 20.3. The van der Waals surface area contributed by atoms with Crippen molar-refractivity contribution in [1.82, 2.24) is 9.55 Å². The third-order valence-electron chi connectivity index (χ3n) is 4.74. The Bertz CT molecular complexity index is 1120. The molecule has 0 aromatic carbocycles. The number of carbonyl (C=O) groups excluding carboxylic acids is 3. The molecule has 0 aliphatic carbocycles. The summed E-state index contributed by atoms with van der Waals surface area (Å²) in [5.41, 5.74) is 0.654. The molecule has 1 saturated heterocycles. The van der Waals surface area contributed by atoms with E-state index in [4.69, 9.17) is 53.9 Å².